The van der Waals surface area contributed by atoms with E-state index in [1.807, 2.05) is 0 Å². The summed E-state index contributed by atoms with van der Waals surface area (Å²) < 4.78 is 70.4. The van der Waals surface area contributed by atoms with Crippen molar-refractivity contribution in [2.45, 2.75) is 19.2 Å². The van der Waals surface area contributed by atoms with Gasteiger partial charge in [0.05, 0.1) is 36.1 Å². The summed E-state index contributed by atoms with van der Waals surface area (Å²) >= 11 is 0. The molecule has 5 rings (SSSR count). The van der Waals surface area contributed by atoms with Crippen LogP contribution in [-0.4, -0.2) is 44.4 Å². The second-order valence-electron chi connectivity index (χ2n) is 7.79. The molecule has 0 saturated heterocycles. The van der Waals surface area contributed by atoms with E-state index in [2.05, 4.69) is 15.1 Å². The van der Waals surface area contributed by atoms with Crippen molar-refractivity contribution in [3.8, 4) is 0 Å². The highest BCUT2D eigenvalue weighted by atomic mass is 19.4. The average Bonchev–Trinajstić information content (AvgIpc) is 3.20. The van der Waals surface area contributed by atoms with E-state index in [9.17, 15) is 26.8 Å². The minimum absolute atomic E-state index is 0.171. The summed E-state index contributed by atoms with van der Waals surface area (Å²) in [6, 6.07) is 3.44. The van der Waals surface area contributed by atoms with Crippen LogP contribution in [0, 0.1) is 5.82 Å². The highest BCUT2D eigenvalue weighted by molar-refractivity contribution is 6.10. The standard InChI is InChI=1S/C13H11F2N5O.C9H8F3NO/c1-19(15)13(21)7-3-6-8-5-17-20(2)11(8)12(16)18-10(6)4-9(7)14;10-9(11,12)7-3-6-5-14-2-1-8(6)13-4-7/h3-5H,1-2H3,(H2,16,18);3-4H,1-2,5H2. The van der Waals surface area contributed by atoms with Gasteiger partial charge < -0.3 is 10.5 Å². The Hall–Kier alpha value is -3.87. The number of pyridine rings is 2. The van der Waals surface area contributed by atoms with Crippen LogP contribution in [0.3, 0.4) is 0 Å². The molecule has 0 atom stereocenters. The fraction of sp³-hybridized carbons (Fsp3) is 0.273. The number of alkyl halides is 3. The summed E-state index contributed by atoms with van der Waals surface area (Å²) in [5.74, 6) is -1.71. The zero-order chi connectivity index (χ0) is 25.5. The Bertz CT molecular complexity index is 1430. The lowest BCUT2D eigenvalue weighted by molar-refractivity contribution is -0.138. The largest absolute Gasteiger partial charge is 0.417 e. The number of carbonyl (C=O) groups is 1. The fourth-order valence-electron chi connectivity index (χ4n) is 3.72. The number of nitrogen functional groups attached to an aromatic ring is 1. The molecule has 0 fully saturated rings. The number of halogens is 5. The first kappa shape index (κ1) is 24.3. The first-order chi connectivity index (χ1) is 16.5. The van der Waals surface area contributed by atoms with Crippen molar-refractivity contribution in [2.75, 3.05) is 19.4 Å². The number of nitrogens with zero attached hydrogens (tertiary/aromatic N) is 5. The number of rotatable bonds is 1. The summed E-state index contributed by atoms with van der Waals surface area (Å²) in [6.45, 7) is 0.762. The summed E-state index contributed by atoms with van der Waals surface area (Å²) in [7, 11) is 2.60. The maximum absolute atomic E-state index is 14.0. The Labute approximate surface area is 195 Å². The van der Waals surface area contributed by atoms with Gasteiger partial charge in [-0.1, -0.05) is 4.48 Å². The van der Waals surface area contributed by atoms with Gasteiger partial charge in [-0.2, -0.15) is 23.4 Å². The number of amides is 1. The lowest BCUT2D eigenvalue weighted by atomic mass is 10.1. The number of ether oxygens (including phenoxy) is 1. The predicted octanol–water partition coefficient (Wildman–Crippen LogP) is 3.97. The SMILES string of the molecule is CN(F)C(=O)c1cc2c(cc1F)nc(N)c1c2cnn1C.FC(F)(F)c1cnc2c(c1)COCC2. The van der Waals surface area contributed by atoms with E-state index in [1.165, 1.54) is 10.7 Å². The third-order valence-electron chi connectivity index (χ3n) is 5.44. The van der Waals surface area contributed by atoms with Gasteiger partial charge in [0, 0.05) is 49.2 Å². The minimum atomic E-state index is -4.32. The number of hydrogen-bond acceptors (Lipinski definition) is 6. The van der Waals surface area contributed by atoms with Crippen molar-refractivity contribution in [1.82, 2.24) is 24.9 Å². The molecule has 3 aromatic heterocycles. The van der Waals surface area contributed by atoms with Crippen molar-refractivity contribution in [3.63, 3.8) is 0 Å². The van der Waals surface area contributed by atoms with Crippen LogP contribution >= 0.6 is 0 Å². The molecule has 4 aromatic rings. The van der Waals surface area contributed by atoms with E-state index in [0.717, 1.165) is 25.4 Å². The van der Waals surface area contributed by atoms with Crippen LogP contribution in [0.2, 0.25) is 0 Å². The van der Waals surface area contributed by atoms with Gasteiger partial charge in [0.2, 0.25) is 0 Å². The molecule has 0 radical (unpaired) electrons. The third kappa shape index (κ3) is 4.71. The summed E-state index contributed by atoms with van der Waals surface area (Å²) in [4.78, 5) is 19.5. The molecule has 1 aliphatic rings. The highest BCUT2D eigenvalue weighted by Crippen LogP contribution is 2.31. The van der Waals surface area contributed by atoms with Gasteiger partial charge in [0.15, 0.2) is 0 Å². The normalized spacial score (nSPS) is 13.3. The van der Waals surface area contributed by atoms with Crippen LogP contribution in [0.4, 0.5) is 27.9 Å². The Morgan fingerprint density at radius 2 is 1.94 bits per heavy atom. The van der Waals surface area contributed by atoms with Crippen LogP contribution in [0.15, 0.2) is 30.6 Å². The van der Waals surface area contributed by atoms with Gasteiger partial charge in [-0.15, -0.1) is 0 Å². The van der Waals surface area contributed by atoms with Crippen LogP contribution in [-0.2, 0) is 31.0 Å². The molecule has 0 unspecified atom stereocenters. The first-order valence-corrected chi connectivity index (χ1v) is 10.2. The van der Waals surface area contributed by atoms with Crippen LogP contribution in [0.5, 0.6) is 0 Å². The average molecular weight is 494 g/mol. The quantitative estimate of drug-likeness (QED) is 0.318. The van der Waals surface area contributed by atoms with Gasteiger partial charge in [0.25, 0.3) is 5.91 Å². The maximum atomic E-state index is 14.0. The zero-order valence-corrected chi connectivity index (χ0v) is 18.5. The Balaban J connectivity index is 0.000000179. The van der Waals surface area contributed by atoms with Gasteiger partial charge in [-0.05, 0) is 17.7 Å². The predicted molar refractivity (Wildman–Crippen MR) is 116 cm³/mol. The molecule has 4 heterocycles. The monoisotopic (exact) mass is 494 g/mol. The van der Waals surface area contributed by atoms with Crippen molar-refractivity contribution < 1.29 is 31.6 Å². The Morgan fingerprint density at radius 1 is 1.20 bits per heavy atom. The molecule has 13 heteroatoms. The molecule has 184 valence electrons. The second kappa shape index (κ2) is 9.06. The fourth-order valence-corrected chi connectivity index (χ4v) is 3.72. The topological polar surface area (TPSA) is 99.2 Å². The van der Waals surface area contributed by atoms with Gasteiger partial charge in [0.1, 0.15) is 17.2 Å². The van der Waals surface area contributed by atoms with E-state index in [-0.39, 0.29) is 28.6 Å². The molecule has 2 N–H and O–H groups in total. The molecule has 0 saturated carbocycles. The third-order valence-corrected chi connectivity index (χ3v) is 5.44. The first-order valence-electron chi connectivity index (χ1n) is 10.2. The number of hydrogen-bond donors (Lipinski definition) is 1. The molecule has 35 heavy (non-hydrogen) atoms. The number of anilines is 1. The van der Waals surface area contributed by atoms with Crippen molar-refractivity contribution in [3.05, 3.63) is 58.8 Å². The van der Waals surface area contributed by atoms with E-state index in [1.54, 1.807) is 13.2 Å². The lowest BCUT2D eigenvalue weighted by Gasteiger charge is -2.16. The number of fused-ring (bicyclic) bond motifs is 4. The summed E-state index contributed by atoms with van der Waals surface area (Å²) in [6.07, 6.45) is -1.31. The number of nitrogens with two attached hydrogens (primary N) is 1. The molecule has 1 aromatic carbocycles. The number of carbonyl (C=O) groups excluding carboxylic acids is 1. The number of aryl methyl sites for hydroxylation is 1. The van der Waals surface area contributed by atoms with Crippen LogP contribution in [0.1, 0.15) is 27.2 Å². The lowest BCUT2D eigenvalue weighted by Crippen LogP contribution is -2.19. The van der Waals surface area contributed by atoms with Gasteiger partial charge in [-0.25, -0.2) is 9.37 Å². The molecular formula is C22H19F5N6O2. The van der Waals surface area contributed by atoms with Gasteiger partial charge in [-0.3, -0.25) is 14.5 Å². The number of aromatic nitrogens is 4. The number of benzene rings is 1. The second-order valence-corrected chi connectivity index (χ2v) is 7.79. The molecule has 1 aliphatic heterocycles. The van der Waals surface area contributed by atoms with E-state index < -0.39 is 23.5 Å². The van der Waals surface area contributed by atoms with Crippen LogP contribution < -0.4 is 5.73 Å². The Morgan fingerprint density at radius 3 is 2.63 bits per heavy atom. The van der Waals surface area contributed by atoms with Crippen molar-refractivity contribution >= 4 is 33.5 Å². The highest BCUT2D eigenvalue weighted by Gasteiger charge is 2.32. The molecule has 8 nitrogen and oxygen atoms in total. The van der Waals surface area contributed by atoms with Gasteiger partial charge >= 0.3 is 6.18 Å². The molecular weight excluding hydrogens is 475 g/mol. The molecule has 0 aliphatic carbocycles. The molecule has 1 amide bonds. The van der Waals surface area contributed by atoms with E-state index in [4.69, 9.17) is 10.5 Å². The molecule has 0 bridgehead atoms. The van der Waals surface area contributed by atoms with Crippen molar-refractivity contribution in [1.29, 1.82) is 0 Å². The Kier molecular flexibility index (Phi) is 6.28. The molecule has 0 spiro atoms. The van der Waals surface area contributed by atoms with E-state index in [0.29, 0.717) is 40.6 Å². The van der Waals surface area contributed by atoms with E-state index >= 15 is 0 Å². The smallest absolute Gasteiger partial charge is 0.382 e. The summed E-state index contributed by atoms with van der Waals surface area (Å²) in [5, 5.41) is 5.01. The van der Waals surface area contributed by atoms with Crippen LogP contribution in [0.25, 0.3) is 21.8 Å². The zero-order valence-electron chi connectivity index (χ0n) is 18.5. The maximum Gasteiger partial charge on any atom is 0.417 e. The minimum Gasteiger partial charge on any atom is -0.382 e. The van der Waals surface area contributed by atoms with Crippen molar-refractivity contribution in [2.24, 2.45) is 7.05 Å². The summed E-state index contributed by atoms with van der Waals surface area (Å²) in [5.41, 5.74) is 6.87.